The van der Waals surface area contributed by atoms with Gasteiger partial charge in [0.2, 0.25) is 0 Å². The number of rotatable bonds is 6. The average molecular weight is 406 g/mol. The molecule has 1 amide bonds. The highest BCUT2D eigenvalue weighted by molar-refractivity contribution is 5.82. The van der Waals surface area contributed by atoms with Gasteiger partial charge in [-0.05, 0) is 29.7 Å². The van der Waals surface area contributed by atoms with E-state index in [2.05, 4.69) is 12.1 Å². The quantitative estimate of drug-likeness (QED) is 0.588. The third kappa shape index (κ3) is 4.35. The van der Waals surface area contributed by atoms with Gasteiger partial charge >= 0.3 is 11.7 Å². The first-order valence-corrected chi connectivity index (χ1v) is 9.88. The van der Waals surface area contributed by atoms with E-state index in [0.717, 1.165) is 12.0 Å². The first-order chi connectivity index (χ1) is 14.6. The van der Waals surface area contributed by atoms with Gasteiger partial charge in [0.25, 0.3) is 5.91 Å². The van der Waals surface area contributed by atoms with Gasteiger partial charge in [0.1, 0.15) is 0 Å². The molecule has 0 bridgehead atoms. The van der Waals surface area contributed by atoms with Gasteiger partial charge in [-0.3, -0.25) is 14.2 Å². The molecule has 2 aromatic carbocycles. The Hall–Kier alpha value is -3.61. The molecule has 1 aliphatic heterocycles. The second-order valence-electron chi connectivity index (χ2n) is 7.08. The number of aromatic nitrogens is 1. The van der Waals surface area contributed by atoms with Crippen molar-refractivity contribution in [1.29, 1.82) is 0 Å². The summed E-state index contributed by atoms with van der Waals surface area (Å²) in [6.45, 7) is 0.925. The van der Waals surface area contributed by atoms with Crippen LogP contribution in [0.1, 0.15) is 18.4 Å². The standard InChI is InChI=1S/C23H22N2O5/c26-21(24-13-10-18(11-14-24)17-6-2-1-3-7-17)16-29-22(27)12-15-25-19-8-4-5-9-20(19)30-23(25)28/h1-10H,11-16H2. The number of amides is 1. The summed E-state index contributed by atoms with van der Waals surface area (Å²) < 4.78 is 11.6. The minimum Gasteiger partial charge on any atom is -0.456 e. The number of benzene rings is 2. The van der Waals surface area contributed by atoms with E-state index in [4.69, 9.17) is 9.15 Å². The van der Waals surface area contributed by atoms with Gasteiger partial charge in [-0.15, -0.1) is 0 Å². The van der Waals surface area contributed by atoms with Gasteiger partial charge in [-0.25, -0.2) is 4.79 Å². The SMILES string of the molecule is O=C(CCn1c(=O)oc2ccccc21)OCC(=O)N1CC=C(c2ccccc2)CC1. The molecule has 154 valence electrons. The largest absolute Gasteiger partial charge is 0.456 e. The van der Waals surface area contributed by atoms with E-state index in [0.29, 0.717) is 24.2 Å². The van der Waals surface area contributed by atoms with Gasteiger partial charge in [0, 0.05) is 19.6 Å². The van der Waals surface area contributed by atoms with Crippen LogP contribution in [0.2, 0.25) is 0 Å². The summed E-state index contributed by atoms with van der Waals surface area (Å²) in [6.07, 6.45) is 2.78. The van der Waals surface area contributed by atoms with Gasteiger partial charge in [-0.1, -0.05) is 48.5 Å². The van der Waals surface area contributed by atoms with Crippen LogP contribution in [-0.4, -0.2) is 41.0 Å². The van der Waals surface area contributed by atoms with E-state index >= 15 is 0 Å². The zero-order valence-electron chi connectivity index (χ0n) is 16.5. The molecular formula is C23H22N2O5. The van der Waals surface area contributed by atoms with Gasteiger partial charge in [-0.2, -0.15) is 0 Å². The Balaban J connectivity index is 1.26. The molecule has 0 N–H and O–H groups in total. The van der Waals surface area contributed by atoms with Gasteiger partial charge in [0.05, 0.1) is 11.9 Å². The number of hydrogen-bond acceptors (Lipinski definition) is 5. The number of oxazole rings is 1. The Morgan fingerprint density at radius 2 is 1.80 bits per heavy atom. The third-order valence-electron chi connectivity index (χ3n) is 5.18. The number of para-hydroxylation sites is 2. The maximum absolute atomic E-state index is 12.4. The predicted molar refractivity (Wildman–Crippen MR) is 112 cm³/mol. The monoisotopic (exact) mass is 406 g/mol. The normalized spacial score (nSPS) is 13.9. The highest BCUT2D eigenvalue weighted by atomic mass is 16.5. The Bertz CT molecular complexity index is 1140. The average Bonchev–Trinajstić information content (AvgIpc) is 3.11. The molecule has 7 heteroatoms. The molecule has 0 aliphatic carbocycles. The zero-order chi connectivity index (χ0) is 20.9. The molecule has 0 atom stereocenters. The molecule has 0 saturated carbocycles. The lowest BCUT2D eigenvalue weighted by Crippen LogP contribution is -2.37. The van der Waals surface area contributed by atoms with Crippen molar-refractivity contribution in [2.24, 2.45) is 0 Å². The van der Waals surface area contributed by atoms with E-state index in [1.807, 2.05) is 24.3 Å². The van der Waals surface area contributed by atoms with Crippen molar-refractivity contribution in [3.05, 3.63) is 76.8 Å². The summed E-state index contributed by atoms with van der Waals surface area (Å²) in [5, 5.41) is 0. The van der Waals surface area contributed by atoms with Crippen molar-refractivity contribution >= 4 is 28.5 Å². The first-order valence-electron chi connectivity index (χ1n) is 9.88. The lowest BCUT2D eigenvalue weighted by Gasteiger charge is -2.26. The molecular weight excluding hydrogens is 384 g/mol. The predicted octanol–water partition coefficient (Wildman–Crippen LogP) is 2.84. The topological polar surface area (TPSA) is 81.7 Å². The molecule has 7 nitrogen and oxygen atoms in total. The summed E-state index contributed by atoms with van der Waals surface area (Å²) in [7, 11) is 0. The molecule has 0 saturated heterocycles. The van der Waals surface area contributed by atoms with Crippen molar-refractivity contribution in [3.8, 4) is 0 Å². The second-order valence-corrected chi connectivity index (χ2v) is 7.08. The van der Waals surface area contributed by atoms with E-state index in [1.54, 1.807) is 29.2 Å². The van der Waals surface area contributed by atoms with E-state index in [1.165, 1.54) is 10.1 Å². The van der Waals surface area contributed by atoms with Crippen LogP contribution >= 0.6 is 0 Å². The number of hydrogen-bond donors (Lipinski definition) is 0. The van der Waals surface area contributed by atoms with Crippen molar-refractivity contribution in [2.45, 2.75) is 19.4 Å². The number of aryl methyl sites for hydroxylation is 1. The lowest BCUT2D eigenvalue weighted by molar-refractivity contribution is -0.152. The van der Waals surface area contributed by atoms with Crippen LogP contribution in [0, 0.1) is 0 Å². The number of carbonyl (C=O) groups is 2. The molecule has 3 aromatic rings. The number of carbonyl (C=O) groups excluding carboxylic acids is 2. The van der Waals surface area contributed by atoms with Crippen molar-refractivity contribution in [2.75, 3.05) is 19.7 Å². The van der Waals surface area contributed by atoms with Crippen molar-refractivity contribution in [3.63, 3.8) is 0 Å². The van der Waals surface area contributed by atoms with Crippen LogP contribution in [0.3, 0.4) is 0 Å². The minimum absolute atomic E-state index is 0.0191. The lowest BCUT2D eigenvalue weighted by atomic mass is 10.00. The van der Waals surface area contributed by atoms with Crippen LogP contribution in [0.15, 0.2) is 69.9 Å². The van der Waals surface area contributed by atoms with E-state index in [9.17, 15) is 14.4 Å². The van der Waals surface area contributed by atoms with Gasteiger partial charge in [0.15, 0.2) is 12.2 Å². The smallest absolute Gasteiger partial charge is 0.419 e. The fraction of sp³-hybridized carbons (Fsp3) is 0.261. The molecule has 1 aromatic heterocycles. The maximum atomic E-state index is 12.4. The maximum Gasteiger partial charge on any atom is 0.419 e. The number of esters is 1. The van der Waals surface area contributed by atoms with Crippen LogP contribution in [0.25, 0.3) is 16.7 Å². The highest BCUT2D eigenvalue weighted by Gasteiger charge is 2.19. The molecule has 0 radical (unpaired) electrons. The Morgan fingerprint density at radius 3 is 2.57 bits per heavy atom. The van der Waals surface area contributed by atoms with E-state index in [-0.39, 0.29) is 25.5 Å². The Kier molecular flexibility index (Phi) is 5.79. The van der Waals surface area contributed by atoms with Crippen molar-refractivity contribution < 1.29 is 18.7 Å². The highest BCUT2D eigenvalue weighted by Crippen LogP contribution is 2.22. The number of fused-ring (bicyclic) bond motifs is 1. The summed E-state index contributed by atoms with van der Waals surface area (Å²) in [5.41, 5.74) is 3.48. The van der Waals surface area contributed by atoms with Gasteiger partial charge < -0.3 is 14.1 Å². The minimum atomic E-state index is -0.530. The molecule has 2 heterocycles. The zero-order valence-corrected chi connectivity index (χ0v) is 16.5. The number of nitrogens with zero attached hydrogens (tertiary/aromatic N) is 2. The summed E-state index contributed by atoms with van der Waals surface area (Å²) in [6, 6.07) is 17.1. The summed E-state index contributed by atoms with van der Waals surface area (Å²) in [4.78, 5) is 38.0. The van der Waals surface area contributed by atoms with Crippen LogP contribution < -0.4 is 5.76 Å². The van der Waals surface area contributed by atoms with Crippen LogP contribution in [0.4, 0.5) is 0 Å². The summed E-state index contributed by atoms with van der Waals surface area (Å²) in [5.74, 6) is -1.27. The van der Waals surface area contributed by atoms with Crippen LogP contribution in [0.5, 0.6) is 0 Å². The molecule has 4 rings (SSSR count). The second kappa shape index (κ2) is 8.82. The molecule has 0 fully saturated rings. The summed E-state index contributed by atoms with van der Waals surface area (Å²) >= 11 is 0. The molecule has 0 unspecified atom stereocenters. The first kappa shape index (κ1) is 19.7. The molecule has 30 heavy (non-hydrogen) atoms. The number of ether oxygens (including phenoxy) is 1. The van der Waals surface area contributed by atoms with Crippen molar-refractivity contribution in [1.82, 2.24) is 9.47 Å². The van der Waals surface area contributed by atoms with Crippen LogP contribution in [-0.2, 0) is 20.9 Å². The fourth-order valence-corrected chi connectivity index (χ4v) is 3.54. The Labute approximate surface area is 173 Å². The molecule has 0 spiro atoms. The Morgan fingerprint density at radius 1 is 1.03 bits per heavy atom. The third-order valence-corrected chi connectivity index (χ3v) is 5.18. The van der Waals surface area contributed by atoms with E-state index < -0.39 is 11.7 Å². The molecule has 1 aliphatic rings. The fourth-order valence-electron chi connectivity index (χ4n) is 3.54.